The molecular formula is C17H21ClFN5S. The Labute approximate surface area is 157 Å². The number of aromatic nitrogens is 2. The summed E-state index contributed by atoms with van der Waals surface area (Å²) < 4.78 is 15.7. The molecule has 0 spiro atoms. The lowest BCUT2D eigenvalue weighted by Crippen LogP contribution is -2.49. The molecule has 3 rings (SSSR count). The zero-order valence-electron chi connectivity index (χ0n) is 14.3. The van der Waals surface area contributed by atoms with Gasteiger partial charge >= 0.3 is 0 Å². The third-order valence-electron chi connectivity index (χ3n) is 4.58. The van der Waals surface area contributed by atoms with E-state index in [-0.39, 0.29) is 5.82 Å². The fourth-order valence-electron chi connectivity index (χ4n) is 2.83. The molecule has 25 heavy (non-hydrogen) atoms. The van der Waals surface area contributed by atoms with Crippen LogP contribution in [0.1, 0.15) is 11.3 Å². The predicted octanol–water partition coefficient (Wildman–Crippen LogP) is 3.04. The van der Waals surface area contributed by atoms with Crippen molar-refractivity contribution in [1.82, 2.24) is 19.6 Å². The second kappa shape index (κ2) is 7.68. The first-order valence-electron chi connectivity index (χ1n) is 8.15. The molecule has 5 nitrogen and oxygen atoms in total. The molecule has 0 amide bonds. The minimum atomic E-state index is -0.251. The molecule has 1 saturated heterocycles. The van der Waals surface area contributed by atoms with Gasteiger partial charge in [-0.25, -0.2) is 4.39 Å². The molecule has 0 aliphatic carbocycles. The highest BCUT2D eigenvalue weighted by atomic mass is 35.5. The summed E-state index contributed by atoms with van der Waals surface area (Å²) in [6.45, 7) is 5.70. The van der Waals surface area contributed by atoms with Crippen LogP contribution in [-0.2, 0) is 13.6 Å². The lowest BCUT2D eigenvalue weighted by Gasteiger charge is -2.36. The molecule has 1 N–H and O–H groups in total. The van der Waals surface area contributed by atoms with Gasteiger partial charge < -0.3 is 10.2 Å². The van der Waals surface area contributed by atoms with Crippen molar-refractivity contribution in [1.29, 1.82) is 0 Å². The van der Waals surface area contributed by atoms with Gasteiger partial charge in [-0.05, 0) is 31.3 Å². The first-order chi connectivity index (χ1) is 12.0. The standard InChI is InChI=1S/C17H21ClFN5S/c1-12-16(10-20-22(12)2)21-17(25)24-8-6-23(7-9-24)11-13-14(18)4-3-5-15(13)19/h3-5,10H,6-9,11H2,1-2H3,(H,21,25). The van der Waals surface area contributed by atoms with Crippen molar-refractivity contribution in [3.8, 4) is 0 Å². The SMILES string of the molecule is Cc1c(NC(=S)N2CCN(Cc3c(F)cccc3Cl)CC2)cnn1C. The quantitative estimate of drug-likeness (QED) is 0.827. The molecule has 1 aliphatic rings. The maximum atomic E-state index is 13.9. The summed E-state index contributed by atoms with van der Waals surface area (Å²) in [5, 5.41) is 8.64. The number of anilines is 1. The Kier molecular flexibility index (Phi) is 5.56. The molecule has 1 aromatic heterocycles. The fraction of sp³-hybridized carbons (Fsp3) is 0.412. The van der Waals surface area contributed by atoms with Crippen LogP contribution in [0.15, 0.2) is 24.4 Å². The van der Waals surface area contributed by atoms with Crippen LogP contribution in [-0.4, -0.2) is 50.9 Å². The zero-order valence-corrected chi connectivity index (χ0v) is 15.9. The van der Waals surface area contributed by atoms with Crippen molar-refractivity contribution in [3.63, 3.8) is 0 Å². The number of thiocarbonyl (C=S) groups is 1. The molecule has 0 unspecified atom stereocenters. The lowest BCUT2D eigenvalue weighted by atomic mass is 10.2. The van der Waals surface area contributed by atoms with Gasteiger partial charge in [0.05, 0.1) is 17.6 Å². The van der Waals surface area contributed by atoms with Crippen molar-refractivity contribution in [2.45, 2.75) is 13.5 Å². The van der Waals surface area contributed by atoms with Gasteiger partial charge in [0.1, 0.15) is 5.82 Å². The van der Waals surface area contributed by atoms with Crippen LogP contribution in [0, 0.1) is 12.7 Å². The molecule has 0 bridgehead atoms. The summed E-state index contributed by atoms with van der Waals surface area (Å²) >= 11 is 11.6. The van der Waals surface area contributed by atoms with Crippen molar-refractivity contribution < 1.29 is 4.39 Å². The predicted molar refractivity (Wildman–Crippen MR) is 102 cm³/mol. The van der Waals surface area contributed by atoms with Crippen LogP contribution >= 0.6 is 23.8 Å². The van der Waals surface area contributed by atoms with E-state index in [1.807, 2.05) is 14.0 Å². The molecule has 1 fully saturated rings. The Hall–Kier alpha value is -1.70. The van der Waals surface area contributed by atoms with E-state index in [4.69, 9.17) is 23.8 Å². The van der Waals surface area contributed by atoms with Gasteiger partial charge in [0.25, 0.3) is 0 Å². The molecular weight excluding hydrogens is 361 g/mol. The molecule has 2 aromatic rings. The summed E-state index contributed by atoms with van der Waals surface area (Å²) in [5.41, 5.74) is 2.52. The number of benzene rings is 1. The number of rotatable bonds is 3. The van der Waals surface area contributed by atoms with E-state index in [1.54, 1.807) is 23.0 Å². The Morgan fingerprint density at radius 3 is 2.64 bits per heavy atom. The first-order valence-corrected chi connectivity index (χ1v) is 8.94. The summed E-state index contributed by atoms with van der Waals surface area (Å²) in [6, 6.07) is 4.81. The number of hydrogen-bond donors (Lipinski definition) is 1. The highest BCUT2D eigenvalue weighted by Gasteiger charge is 2.21. The second-order valence-electron chi connectivity index (χ2n) is 6.16. The Morgan fingerprint density at radius 2 is 2.04 bits per heavy atom. The van der Waals surface area contributed by atoms with Gasteiger partial charge in [0.15, 0.2) is 5.11 Å². The topological polar surface area (TPSA) is 36.3 Å². The van der Waals surface area contributed by atoms with Crippen LogP contribution in [0.25, 0.3) is 0 Å². The third kappa shape index (κ3) is 4.11. The Balaban J connectivity index is 1.55. The van der Waals surface area contributed by atoms with E-state index in [0.717, 1.165) is 37.6 Å². The smallest absolute Gasteiger partial charge is 0.173 e. The van der Waals surface area contributed by atoms with E-state index < -0.39 is 0 Å². The number of nitrogens with one attached hydrogen (secondary N) is 1. The molecule has 1 aromatic carbocycles. The average Bonchev–Trinajstić information content (AvgIpc) is 2.91. The van der Waals surface area contributed by atoms with Crippen molar-refractivity contribution >= 4 is 34.6 Å². The summed E-state index contributed by atoms with van der Waals surface area (Å²) in [6.07, 6.45) is 1.78. The molecule has 1 aliphatic heterocycles. The molecule has 134 valence electrons. The minimum Gasteiger partial charge on any atom is -0.346 e. The number of piperazine rings is 1. The van der Waals surface area contributed by atoms with Gasteiger partial charge in [-0.15, -0.1) is 0 Å². The number of hydrogen-bond acceptors (Lipinski definition) is 3. The van der Waals surface area contributed by atoms with Gasteiger partial charge in [0, 0.05) is 50.4 Å². The summed E-state index contributed by atoms with van der Waals surface area (Å²) in [7, 11) is 1.90. The second-order valence-corrected chi connectivity index (χ2v) is 6.95. The summed E-state index contributed by atoms with van der Waals surface area (Å²) in [4.78, 5) is 4.32. The average molecular weight is 382 g/mol. The largest absolute Gasteiger partial charge is 0.346 e. The van der Waals surface area contributed by atoms with Gasteiger partial charge in [-0.2, -0.15) is 5.10 Å². The molecule has 8 heteroatoms. The van der Waals surface area contributed by atoms with Crippen LogP contribution in [0.2, 0.25) is 5.02 Å². The number of nitrogens with zero attached hydrogens (tertiary/aromatic N) is 4. The van der Waals surface area contributed by atoms with E-state index in [9.17, 15) is 4.39 Å². The van der Waals surface area contributed by atoms with Gasteiger partial charge in [-0.1, -0.05) is 17.7 Å². The van der Waals surface area contributed by atoms with E-state index in [1.165, 1.54) is 6.07 Å². The fourth-order valence-corrected chi connectivity index (χ4v) is 3.35. The maximum Gasteiger partial charge on any atom is 0.173 e. The van der Waals surface area contributed by atoms with E-state index in [2.05, 4.69) is 20.2 Å². The number of halogens is 2. The lowest BCUT2D eigenvalue weighted by molar-refractivity contribution is 0.175. The molecule has 0 atom stereocenters. The van der Waals surface area contributed by atoms with E-state index >= 15 is 0 Å². The van der Waals surface area contributed by atoms with Gasteiger partial charge in [-0.3, -0.25) is 9.58 Å². The Bertz CT molecular complexity index is 750. The van der Waals surface area contributed by atoms with Crippen molar-refractivity contribution in [2.24, 2.45) is 7.05 Å². The maximum absolute atomic E-state index is 13.9. The molecule has 2 heterocycles. The first kappa shape index (κ1) is 18.1. The molecule has 0 saturated carbocycles. The van der Waals surface area contributed by atoms with E-state index in [0.29, 0.717) is 22.2 Å². The van der Waals surface area contributed by atoms with Crippen LogP contribution in [0.5, 0.6) is 0 Å². The summed E-state index contributed by atoms with van der Waals surface area (Å²) in [5.74, 6) is -0.251. The van der Waals surface area contributed by atoms with Crippen LogP contribution < -0.4 is 5.32 Å². The highest BCUT2D eigenvalue weighted by molar-refractivity contribution is 7.80. The van der Waals surface area contributed by atoms with Crippen molar-refractivity contribution in [2.75, 3.05) is 31.5 Å². The highest BCUT2D eigenvalue weighted by Crippen LogP contribution is 2.21. The van der Waals surface area contributed by atoms with Crippen LogP contribution in [0.4, 0.5) is 10.1 Å². The van der Waals surface area contributed by atoms with Crippen molar-refractivity contribution in [3.05, 3.63) is 46.5 Å². The molecule has 0 radical (unpaired) electrons. The van der Waals surface area contributed by atoms with Gasteiger partial charge in [0.2, 0.25) is 0 Å². The van der Waals surface area contributed by atoms with Crippen LogP contribution in [0.3, 0.4) is 0 Å². The third-order valence-corrected chi connectivity index (χ3v) is 5.29. The zero-order chi connectivity index (χ0) is 18.0. The minimum absolute atomic E-state index is 0.251. The normalized spacial score (nSPS) is 15.4. The number of aryl methyl sites for hydroxylation is 1. The Morgan fingerprint density at radius 1 is 1.32 bits per heavy atom. The monoisotopic (exact) mass is 381 g/mol.